The summed E-state index contributed by atoms with van der Waals surface area (Å²) < 4.78 is 27.0. The molecule has 0 unspecified atom stereocenters. The molecule has 0 bridgehead atoms. The van der Waals surface area contributed by atoms with Crippen molar-refractivity contribution in [2.45, 2.75) is 52.4 Å². The molecule has 0 radical (unpaired) electrons. The third-order valence-electron chi connectivity index (χ3n) is 3.12. The molecule has 0 aliphatic heterocycles. The Morgan fingerprint density at radius 1 is 1.00 bits per heavy atom. The summed E-state index contributed by atoms with van der Waals surface area (Å²) >= 11 is 0. The summed E-state index contributed by atoms with van der Waals surface area (Å²) in [5.74, 6) is -0.981. The SMILES string of the molecule is CCCCCCCCNc1c(F)ccc(C)c1F. The van der Waals surface area contributed by atoms with Gasteiger partial charge in [0.15, 0.2) is 5.82 Å². The molecule has 1 aromatic carbocycles. The third-order valence-corrected chi connectivity index (χ3v) is 3.12. The zero-order chi connectivity index (χ0) is 13.4. The van der Waals surface area contributed by atoms with Gasteiger partial charge in [0.25, 0.3) is 0 Å². The summed E-state index contributed by atoms with van der Waals surface area (Å²) in [7, 11) is 0. The minimum absolute atomic E-state index is 0.0172. The fourth-order valence-corrected chi connectivity index (χ4v) is 1.94. The predicted octanol–water partition coefficient (Wildman–Crippen LogP) is 5.05. The Balaban J connectivity index is 2.29. The van der Waals surface area contributed by atoms with Gasteiger partial charge in [0.05, 0.1) is 0 Å². The number of hydrogen-bond acceptors (Lipinski definition) is 1. The molecule has 0 aromatic heterocycles. The van der Waals surface area contributed by atoms with Crippen molar-refractivity contribution in [3.8, 4) is 0 Å². The minimum atomic E-state index is -0.510. The van der Waals surface area contributed by atoms with Crippen LogP contribution in [0, 0.1) is 18.6 Å². The molecule has 0 saturated carbocycles. The van der Waals surface area contributed by atoms with E-state index in [1.165, 1.54) is 37.8 Å². The molecular weight excluding hydrogens is 232 g/mol. The van der Waals surface area contributed by atoms with E-state index in [0.717, 1.165) is 12.8 Å². The summed E-state index contributed by atoms with van der Waals surface area (Å²) in [6.07, 6.45) is 7.03. The van der Waals surface area contributed by atoms with Crippen molar-refractivity contribution in [1.29, 1.82) is 0 Å². The average molecular weight is 255 g/mol. The van der Waals surface area contributed by atoms with Crippen molar-refractivity contribution in [3.05, 3.63) is 29.3 Å². The first-order valence-corrected chi connectivity index (χ1v) is 6.85. The monoisotopic (exact) mass is 255 g/mol. The van der Waals surface area contributed by atoms with Crippen molar-refractivity contribution in [2.75, 3.05) is 11.9 Å². The predicted molar refractivity (Wildman–Crippen MR) is 73.0 cm³/mol. The Bertz CT molecular complexity index is 364. The second kappa shape index (κ2) is 8.06. The Hall–Kier alpha value is -1.12. The highest BCUT2D eigenvalue weighted by molar-refractivity contribution is 5.48. The van der Waals surface area contributed by atoms with Crippen LogP contribution in [0.2, 0.25) is 0 Å². The molecule has 1 N–H and O–H groups in total. The van der Waals surface area contributed by atoms with Crippen molar-refractivity contribution < 1.29 is 8.78 Å². The summed E-state index contributed by atoms with van der Waals surface area (Å²) in [6.45, 7) is 4.46. The number of nitrogens with one attached hydrogen (secondary N) is 1. The lowest BCUT2D eigenvalue weighted by Gasteiger charge is -2.10. The second-order valence-corrected chi connectivity index (χ2v) is 4.75. The zero-order valence-electron chi connectivity index (χ0n) is 11.4. The van der Waals surface area contributed by atoms with E-state index >= 15 is 0 Å². The molecule has 1 aromatic rings. The van der Waals surface area contributed by atoms with Crippen molar-refractivity contribution >= 4 is 5.69 Å². The number of hydrogen-bond donors (Lipinski definition) is 1. The van der Waals surface area contributed by atoms with Gasteiger partial charge in [-0.25, -0.2) is 8.78 Å². The van der Waals surface area contributed by atoms with Gasteiger partial charge in [0.1, 0.15) is 11.5 Å². The zero-order valence-corrected chi connectivity index (χ0v) is 11.4. The number of anilines is 1. The standard InChI is InChI=1S/C15H23F2N/c1-3-4-5-6-7-8-11-18-15-13(16)10-9-12(2)14(15)17/h9-10,18H,3-8,11H2,1-2H3. The molecule has 0 heterocycles. The molecule has 0 fully saturated rings. The Kier molecular flexibility index (Phi) is 6.69. The lowest BCUT2D eigenvalue weighted by molar-refractivity contribution is 0.578. The highest BCUT2D eigenvalue weighted by Crippen LogP contribution is 2.21. The minimum Gasteiger partial charge on any atom is -0.380 e. The fourth-order valence-electron chi connectivity index (χ4n) is 1.94. The number of aryl methyl sites for hydroxylation is 1. The van der Waals surface area contributed by atoms with Crippen LogP contribution in [0.15, 0.2) is 12.1 Å². The number of rotatable bonds is 8. The van der Waals surface area contributed by atoms with Gasteiger partial charge in [-0.1, -0.05) is 45.1 Å². The lowest BCUT2D eigenvalue weighted by Crippen LogP contribution is -2.06. The van der Waals surface area contributed by atoms with Crippen molar-refractivity contribution in [3.63, 3.8) is 0 Å². The number of unbranched alkanes of at least 4 members (excludes halogenated alkanes) is 5. The van der Waals surface area contributed by atoms with Gasteiger partial charge in [0.2, 0.25) is 0 Å². The first-order valence-electron chi connectivity index (χ1n) is 6.85. The molecule has 102 valence electrons. The lowest BCUT2D eigenvalue weighted by atomic mass is 10.1. The molecule has 0 saturated heterocycles. The van der Waals surface area contributed by atoms with Crippen LogP contribution >= 0.6 is 0 Å². The van der Waals surface area contributed by atoms with E-state index in [4.69, 9.17) is 0 Å². The largest absolute Gasteiger partial charge is 0.380 e. The van der Waals surface area contributed by atoms with Gasteiger partial charge in [-0.15, -0.1) is 0 Å². The van der Waals surface area contributed by atoms with Crippen LogP contribution in [0.25, 0.3) is 0 Å². The first-order chi connectivity index (χ1) is 8.66. The van der Waals surface area contributed by atoms with E-state index in [1.807, 2.05) is 0 Å². The fraction of sp³-hybridized carbons (Fsp3) is 0.600. The number of halogens is 2. The van der Waals surface area contributed by atoms with Gasteiger partial charge in [-0.2, -0.15) is 0 Å². The van der Waals surface area contributed by atoms with Crippen LogP contribution in [0.3, 0.4) is 0 Å². The van der Waals surface area contributed by atoms with Gasteiger partial charge in [-0.3, -0.25) is 0 Å². The molecule has 0 spiro atoms. The quantitative estimate of drug-likeness (QED) is 0.641. The second-order valence-electron chi connectivity index (χ2n) is 4.75. The van der Waals surface area contributed by atoms with E-state index in [1.54, 1.807) is 6.92 Å². The van der Waals surface area contributed by atoms with Crippen LogP contribution < -0.4 is 5.32 Å². The Labute approximate surface area is 109 Å². The third kappa shape index (κ3) is 4.63. The average Bonchev–Trinajstić information content (AvgIpc) is 2.36. The van der Waals surface area contributed by atoms with Crippen molar-refractivity contribution in [2.24, 2.45) is 0 Å². The van der Waals surface area contributed by atoms with E-state index in [9.17, 15) is 8.78 Å². The number of benzene rings is 1. The Morgan fingerprint density at radius 3 is 2.39 bits per heavy atom. The molecule has 0 amide bonds. The summed E-state index contributed by atoms with van der Waals surface area (Å²) in [4.78, 5) is 0. The highest BCUT2D eigenvalue weighted by Gasteiger charge is 2.10. The van der Waals surface area contributed by atoms with Crippen LogP contribution in [0.1, 0.15) is 51.0 Å². The molecule has 0 aliphatic rings. The molecular formula is C15H23F2N. The highest BCUT2D eigenvalue weighted by atomic mass is 19.1. The molecule has 3 heteroatoms. The van der Waals surface area contributed by atoms with E-state index in [-0.39, 0.29) is 5.69 Å². The topological polar surface area (TPSA) is 12.0 Å². The van der Waals surface area contributed by atoms with E-state index in [2.05, 4.69) is 12.2 Å². The Morgan fingerprint density at radius 2 is 1.67 bits per heavy atom. The molecule has 18 heavy (non-hydrogen) atoms. The maximum absolute atomic E-state index is 13.6. The summed E-state index contributed by atoms with van der Waals surface area (Å²) in [5.41, 5.74) is 0.491. The maximum atomic E-state index is 13.6. The molecule has 0 atom stereocenters. The van der Waals surface area contributed by atoms with E-state index < -0.39 is 11.6 Å². The van der Waals surface area contributed by atoms with Gasteiger partial charge in [-0.05, 0) is 25.0 Å². The maximum Gasteiger partial charge on any atom is 0.152 e. The van der Waals surface area contributed by atoms with Crippen LogP contribution in [-0.2, 0) is 0 Å². The van der Waals surface area contributed by atoms with Crippen LogP contribution in [0.4, 0.5) is 14.5 Å². The first kappa shape index (κ1) is 14.9. The van der Waals surface area contributed by atoms with Gasteiger partial charge >= 0.3 is 0 Å². The van der Waals surface area contributed by atoms with Crippen molar-refractivity contribution in [1.82, 2.24) is 0 Å². The van der Waals surface area contributed by atoms with Gasteiger partial charge < -0.3 is 5.32 Å². The molecule has 1 rings (SSSR count). The summed E-state index contributed by atoms with van der Waals surface area (Å²) in [5, 5.41) is 2.86. The van der Waals surface area contributed by atoms with Gasteiger partial charge in [0, 0.05) is 6.54 Å². The molecule has 0 aliphatic carbocycles. The summed E-state index contributed by atoms with van der Waals surface area (Å²) in [6, 6.07) is 2.77. The van der Waals surface area contributed by atoms with Crippen LogP contribution in [-0.4, -0.2) is 6.54 Å². The normalized spacial score (nSPS) is 10.7. The smallest absolute Gasteiger partial charge is 0.152 e. The van der Waals surface area contributed by atoms with Crippen LogP contribution in [0.5, 0.6) is 0 Å². The molecule has 1 nitrogen and oxygen atoms in total. The van der Waals surface area contributed by atoms with E-state index in [0.29, 0.717) is 12.1 Å².